The lowest BCUT2D eigenvalue weighted by molar-refractivity contribution is 0.465. The highest BCUT2D eigenvalue weighted by Crippen LogP contribution is 2.35. The third-order valence-corrected chi connectivity index (χ3v) is 4.37. The predicted octanol–water partition coefficient (Wildman–Crippen LogP) is 4.26. The summed E-state index contributed by atoms with van der Waals surface area (Å²) in [4.78, 5) is 14.8. The molecule has 0 spiro atoms. The maximum atomic E-state index is 5.83. The van der Waals surface area contributed by atoms with Gasteiger partial charge in [-0.2, -0.15) is 0 Å². The first-order valence-corrected chi connectivity index (χ1v) is 7.25. The van der Waals surface area contributed by atoms with Crippen molar-refractivity contribution in [2.75, 3.05) is 0 Å². The van der Waals surface area contributed by atoms with E-state index in [1.165, 1.54) is 16.8 Å². The molecule has 0 fully saturated rings. The molecule has 0 atom stereocenters. The molecule has 96 valence electrons. The van der Waals surface area contributed by atoms with Crippen LogP contribution in [-0.2, 0) is 0 Å². The van der Waals surface area contributed by atoms with Crippen LogP contribution >= 0.6 is 27.3 Å². The highest BCUT2D eigenvalue weighted by Gasteiger charge is 2.13. The lowest BCUT2D eigenvalue weighted by Gasteiger charge is -2.06. The number of aryl methyl sites for hydroxylation is 2. The van der Waals surface area contributed by atoms with E-state index in [0.717, 1.165) is 14.7 Å². The van der Waals surface area contributed by atoms with Crippen molar-refractivity contribution < 1.29 is 4.74 Å². The zero-order valence-corrected chi connectivity index (χ0v) is 12.7. The van der Waals surface area contributed by atoms with E-state index in [1.54, 1.807) is 23.7 Å². The van der Waals surface area contributed by atoms with Crippen molar-refractivity contribution in [1.82, 2.24) is 15.0 Å². The van der Waals surface area contributed by atoms with Crippen LogP contribution in [0, 0.1) is 13.8 Å². The largest absolute Gasteiger partial charge is 0.437 e. The molecule has 3 aromatic rings. The van der Waals surface area contributed by atoms with Crippen molar-refractivity contribution in [2.45, 2.75) is 13.8 Å². The number of aromatic nitrogens is 3. The average molecular weight is 336 g/mol. The number of halogens is 1. The molecule has 0 unspecified atom stereocenters. The second-order valence-corrected chi connectivity index (χ2v) is 6.20. The van der Waals surface area contributed by atoms with Gasteiger partial charge in [-0.15, -0.1) is 11.3 Å². The normalized spacial score (nSPS) is 10.9. The molecule has 0 N–H and O–H groups in total. The summed E-state index contributed by atoms with van der Waals surface area (Å²) < 4.78 is 6.70. The van der Waals surface area contributed by atoms with Gasteiger partial charge in [-0.1, -0.05) is 0 Å². The molecule has 3 heterocycles. The summed E-state index contributed by atoms with van der Waals surface area (Å²) in [6.45, 7) is 4.13. The van der Waals surface area contributed by atoms with E-state index < -0.39 is 0 Å². The Bertz CT molecular complexity index is 757. The minimum atomic E-state index is 0.576. The Kier molecular flexibility index (Phi) is 3.20. The zero-order chi connectivity index (χ0) is 13.4. The molecular weight excluding hydrogens is 326 g/mol. The van der Waals surface area contributed by atoms with E-state index in [1.807, 2.05) is 6.07 Å². The number of ether oxygens (including phenoxy) is 1. The third kappa shape index (κ3) is 2.33. The first-order chi connectivity index (χ1) is 9.15. The molecule has 19 heavy (non-hydrogen) atoms. The standard InChI is InChI=1S/C13H10BrN3OS/c1-7-8(2)19-13-11(7)12(16-6-17-13)18-10-3-9(14)4-15-5-10/h3-6H,1-2H3. The van der Waals surface area contributed by atoms with Crippen molar-refractivity contribution in [3.05, 3.63) is 39.7 Å². The molecule has 3 aromatic heterocycles. The molecule has 0 aliphatic heterocycles. The van der Waals surface area contributed by atoms with Crippen LogP contribution in [-0.4, -0.2) is 15.0 Å². The van der Waals surface area contributed by atoms with Gasteiger partial charge in [-0.05, 0) is 41.4 Å². The fourth-order valence-corrected chi connectivity index (χ4v) is 3.12. The topological polar surface area (TPSA) is 47.9 Å². The first kappa shape index (κ1) is 12.5. The van der Waals surface area contributed by atoms with E-state index in [2.05, 4.69) is 44.7 Å². The first-order valence-electron chi connectivity index (χ1n) is 5.64. The van der Waals surface area contributed by atoms with Crippen molar-refractivity contribution in [2.24, 2.45) is 0 Å². The maximum Gasteiger partial charge on any atom is 0.231 e. The summed E-state index contributed by atoms with van der Waals surface area (Å²) in [5, 5.41) is 0.977. The lowest BCUT2D eigenvalue weighted by atomic mass is 10.2. The Hall–Kier alpha value is -1.53. The number of hydrogen-bond acceptors (Lipinski definition) is 5. The number of nitrogens with zero attached hydrogens (tertiary/aromatic N) is 3. The van der Waals surface area contributed by atoms with Crippen LogP contribution in [0.15, 0.2) is 29.3 Å². The molecule has 0 saturated carbocycles. The third-order valence-electron chi connectivity index (χ3n) is 2.82. The number of fused-ring (bicyclic) bond motifs is 1. The Morgan fingerprint density at radius 2 is 2.05 bits per heavy atom. The molecule has 0 saturated heterocycles. The molecule has 0 amide bonds. The van der Waals surface area contributed by atoms with E-state index in [-0.39, 0.29) is 0 Å². The van der Waals surface area contributed by atoms with Gasteiger partial charge in [-0.25, -0.2) is 9.97 Å². The lowest BCUT2D eigenvalue weighted by Crippen LogP contribution is -1.91. The Morgan fingerprint density at radius 3 is 2.84 bits per heavy atom. The highest BCUT2D eigenvalue weighted by atomic mass is 79.9. The zero-order valence-electron chi connectivity index (χ0n) is 10.3. The molecule has 0 aliphatic carbocycles. The molecular formula is C13H10BrN3OS. The number of rotatable bonds is 2. The van der Waals surface area contributed by atoms with Crippen LogP contribution in [0.4, 0.5) is 0 Å². The van der Waals surface area contributed by atoms with Crippen molar-refractivity contribution in [3.63, 3.8) is 0 Å². The van der Waals surface area contributed by atoms with Gasteiger partial charge in [0, 0.05) is 15.5 Å². The van der Waals surface area contributed by atoms with Crippen LogP contribution < -0.4 is 4.74 Å². The molecule has 0 bridgehead atoms. The second-order valence-electron chi connectivity index (χ2n) is 4.08. The number of hydrogen-bond donors (Lipinski definition) is 0. The average Bonchev–Trinajstić information content (AvgIpc) is 2.66. The van der Waals surface area contributed by atoms with Crippen LogP contribution in [0.1, 0.15) is 10.4 Å². The summed E-state index contributed by atoms with van der Waals surface area (Å²) >= 11 is 5.02. The van der Waals surface area contributed by atoms with Crippen LogP contribution in [0.5, 0.6) is 11.6 Å². The van der Waals surface area contributed by atoms with E-state index >= 15 is 0 Å². The molecule has 0 aromatic carbocycles. The predicted molar refractivity (Wildman–Crippen MR) is 78.9 cm³/mol. The molecule has 0 aliphatic rings. The fraction of sp³-hybridized carbons (Fsp3) is 0.154. The van der Waals surface area contributed by atoms with E-state index in [9.17, 15) is 0 Å². The van der Waals surface area contributed by atoms with Gasteiger partial charge in [0.05, 0.1) is 11.6 Å². The summed E-state index contributed by atoms with van der Waals surface area (Å²) in [7, 11) is 0. The SMILES string of the molecule is Cc1sc2ncnc(Oc3cncc(Br)c3)c2c1C. The van der Waals surface area contributed by atoms with Crippen LogP contribution in [0.2, 0.25) is 0 Å². The number of thiophene rings is 1. The molecule has 4 nitrogen and oxygen atoms in total. The Labute approximate surface area is 122 Å². The Balaban J connectivity index is 2.10. The van der Waals surface area contributed by atoms with Crippen LogP contribution in [0.3, 0.4) is 0 Å². The minimum absolute atomic E-state index is 0.576. The van der Waals surface area contributed by atoms with E-state index in [4.69, 9.17) is 4.74 Å². The quantitative estimate of drug-likeness (QED) is 0.702. The van der Waals surface area contributed by atoms with Crippen molar-refractivity contribution >= 4 is 37.5 Å². The maximum absolute atomic E-state index is 5.83. The second kappa shape index (κ2) is 4.86. The van der Waals surface area contributed by atoms with E-state index in [0.29, 0.717) is 11.6 Å². The smallest absolute Gasteiger partial charge is 0.231 e. The molecule has 6 heteroatoms. The van der Waals surface area contributed by atoms with Gasteiger partial charge in [0.15, 0.2) is 0 Å². The highest BCUT2D eigenvalue weighted by molar-refractivity contribution is 9.10. The summed E-state index contributed by atoms with van der Waals surface area (Å²) in [5.74, 6) is 1.23. The fourth-order valence-electron chi connectivity index (χ4n) is 1.79. The van der Waals surface area contributed by atoms with Gasteiger partial charge in [0.1, 0.15) is 16.9 Å². The van der Waals surface area contributed by atoms with Crippen LogP contribution in [0.25, 0.3) is 10.2 Å². The van der Waals surface area contributed by atoms with Gasteiger partial charge in [0.25, 0.3) is 0 Å². The number of pyridine rings is 1. The van der Waals surface area contributed by atoms with Gasteiger partial charge >= 0.3 is 0 Å². The summed E-state index contributed by atoms with van der Waals surface area (Å²) in [6.07, 6.45) is 4.90. The van der Waals surface area contributed by atoms with Gasteiger partial charge in [-0.3, -0.25) is 4.98 Å². The van der Waals surface area contributed by atoms with Crippen molar-refractivity contribution in [3.8, 4) is 11.6 Å². The monoisotopic (exact) mass is 335 g/mol. The molecule has 3 rings (SSSR count). The summed E-state index contributed by atoms with van der Waals surface area (Å²) in [6, 6.07) is 1.86. The molecule has 0 radical (unpaired) electrons. The van der Waals surface area contributed by atoms with Crippen molar-refractivity contribution in [1.29, 1.82) is 0 Å². The minimum Gasteiger partial charge on any atom is -0.437 e. The van der Waals surface area contributed by atoms with Gasteiger partial charge in [0.2, 0.25) is 5.88 Å². The Morgan fingerprint density at radius 1 is 1.21 bits per heavy atom. The summed E-state index contributed by atoms with van der Waals surface area (Å²) in [5.41, 5.74) is 1.17. The van der Waals surface area contributed by atoms with Gasteiger partial charge < -0.3 is 4.74 Å².